The Hall–Kier alpha value is -2.43. The Bertz CT molecular complexity index is 798. The predicted octanol–water partition coefficient (Wildman–Crippen LogP) is 3.86. The molecule has 1 amide bonds. The predicted molar refractivity (Wildman–Crippen MR) is 88.2 cm³/mol. The van der Waals surface area contributed by atoms with Crippen molar-refractivity contribution in [3.63, 3.8) is 0 Å². The molecule has 1 aliphatic rings. The van der Waals surface area contributed by atoms with E-state index in [4.69, 9.17) is 4.42 Å². The van der Waals surface area contributed by atoms with Gasteiger partial charge in [0.25, 0.3) is 5.91 Å². The first kappa shape index (κ1) is 14.2. The van der Waals surface area contributed by atoms with Gasteiger partial charge >= 0.3 is 0 Å². The number of furan rings is 1. The fraction of sp³-hybridized carbons (Fsp3) is 0.389. The Morgan fingerprint density at radius 3 is 3.00 bits per heavy atom. The molecule has 23 heavy (non-hydrogen) atoms. The number of aromatic nitrogens is 2. The molecule has 0 saturated carbocycles. The number of likely N-dealkylation sites (tertiary alicyclic amines) is 1. The van der Waals surface area contributed by atoms with Crippen molar-refractivity contribution in [2.45, 2.75) is 31.7 Å². The number of aryl methyl sites for hydroxylation is 1. The summed E-state index contributed by atoms with van der Waals surface area (Å²) < 4.78 is 7.49. The second kappa shape index (κ2) is 5.65. The van der Waals surface area contributed by atoms with E-state index in [-0.39, 0.29) is 11.9 Å². The first-order chi connectivity index (χ1) is 11.2. The third kappa shape index (κ3) is 2.46. The molecule has 4 rings (SSSR count). The van der Waals surface area contributed by atoms with Gasteiger partial charge in [0, 0.05) is 37.6 Å². The van der Waals surface area contributed by atoms with E-state index in [2.05, 4.69) is 15.6 Å². The van der Waals surface area contributed by atoms with Crippen LogP contribution >= 0.6 is 0 Å². The van der Waals surface area contributed by atoms with Gasteiger partial charge in [0.1, 0.15) is 5.69 Å². The minimum atomic E-state index is 0.0597. The summed E-state index contributed by atoms with van der Waals surface area (Å²) in [6.45, 7) is 0.801. The lowest BCUT2D eigenvalue weighted by molar-refractivity contribution is 0.0669. The Morgan fingerprint density at radius 1 is 1.30 bits per heavy atom. The first-order valence-corrected chi connectivity index (χ1v) is 8.22. The van der Waals surface area contributed by atoms with Crippen LogP contribution in [0, 0.1) is 0 Å². The number of amides is 1. The number of carbonyl (C=O) groups is 1. The van der Waals surface area contributed by atoms with Crippen molar-refractivity contribution in [3.8, 4) is 0 Å². The summed E-state index contributed by atoms with van der Waals surface area (Å²) in [6, 6.07) is 7.97. The number of carbonyl (C=O) groups excluding carboxylic acids is 1. The highest BCUT2D eigenvalue weighted by Crippen LogP contribution is 2.31. The zero-order valence-corrected chi connectivity index (χ0v) is 13.3. The summed E-state index contributed by atoms with van der Waals surface area (Å²) in [7, 11) is 2.05. The third-order valence-electron chi connectivity index (χ3n) is 4.81. The summed E-state index contributed by atoms with van der Waals surface area (Å²) in [4.78, 5) is 18.3. The molecule has 1 N–H and O–H groups in total. The topological polar surface area (TPSA) is 54.2 Å². The molecule has 3 aromatic heterocycles. The van der Waals surface area contributed by atoms with Gasteiger partial charge in [-0.1, -0.05) is 12.8 Å². The van der Waals surface area contributed by atoms with Gasteiger partial charge in [-0.05, 0) is 25.0 Å². The van der Waals surface area contributed by atoms with E-state index in [0.29, 0.717) is 5.69 Å². The smallest absolute Gasteiger partial charge is 0.270 e. The van der Waals surface area contributed by atoms with Crippen LogP contribution < -0.4 is 0 Å². The maximum atomic E-state index is 13.1. The molecule has 1 atom stereocenters. The van der Waals surface area contributed by atoms with Gasteiger partial charge in [-0.2, -0.15) is 0 Å². The van der Waals surface area contributed by atoms with Crippen LogP contribution in [0.4, 0.5) is 0 Å². The van der Waals surface area contributed by atoms with Crippen LogP contribution in [0.2, 0.25) is 0 Å². The van der Waals surface area contributed by atoms with Gasteiger partial charge in [-0.3, -0.25) is 4.79 Å². The molecule has 0 aromatic carbocycles. The fourth-order valence-corrected chi connectivity index (χ4v) is 3.60. The normalized spacial score (nSPS) is 19.2. The highest BCUT2D eigenvalue weighted by molar-refractivity contribution is 5.97. The van der Waals surface area contributed by atoms with E-state index in [1.165, 1.54) is 12.1 Å². The number of H-pyrrole nitrogens is 1. The zero-order chi connectivity index (χ0) is 15.8. The average Bonchev–Trinajstić information content (AvgIpc) is 3.19. The Labute approximate surface area is 134 Å². The molecule has 5 heteroatoms. The molecule has 0 aliphatic carbocycles. The van der Waals surface area contributed by atoms with Crippen molar-refractivity contribution in [2.75, 3.05) is 6.54 Å². The number of fused-ring (bicyclic) bond motifs is 1. The van der Waals surface area contributed by atoms with Crippen molar-refractivity contribution in [1.82, 2.24) is 14.5 Å². The molecule has 1 saturated heterocycles. The van der Waals surface area contributed by atoms with E-state index >= 15 is 0 Å². The van der Waals surface area contributed by atoms with E-state index in [1.807, 2.05) is 36.3 Å². The lowest BCUT2D eigenvalue weighted by Gasteiger charge is -2.30. The molecule has 0 bridgehead atoms. The molecule has 3 aromatic rings. The SMILES string of the molecule is Cn1cccc1[C@H]1CCCCCN1C(=O)c1cc2occc2[nH]1. The minimum Gasteiger partial charge on any atom is -0.463 e. The maximum absolute atomic E-state index is 13.1. The number of nitrogens with zero attached hydrogens (tertiary/aromatic N) is 2. The summed E-state index contributed by atoms with van der Waals surface area (Å²) in [5.41, 5.74) is 3.42. The fourth-order valence-electron chi connectivity index (χ4n) is 3.60. The number of rotatable bonds is 2. The lowest BCUT2D eigenvalue weighted by Crippen LogP contribution is -2.35. The van der Waals surface area contributed by atoms with Gasteiger partial charge < -0.3 is 18.9 Å². The monoisotopic (exact) mass is 311 g/mol. The standard InChI is InChI=1S/C18H21N3O2/c1-20-9-5-7-15(20)16-6-3-2-4-10-21(16)18(22)14-12-17-13(19-14)8-11-23-17/h5,7-9,11-12,16,19H,2-4,6,10H2,1H3/t16-/m1/s1. The molecular weight excluding hydrogens is 290 g/mol. The summed E-state index contributed by atoms with van der Waals surface area (Å²) in [5.74, 6) is 0.0597. The largest absolute Gasteiger partial charge is 0.463 e. The minimum absolute atomic E-state index is 0.0597. The van der Waals surface area contributed by atoms with Crippen LogP contribution in [0.1, 0.15) is 47.9 Å². The third-order valence-corrected chi connectivity index (χ3v) is 4.81. The molecule has 1 fully saturated rings. The van der Waals surface area contributed by atoms with Crippen molar-refractivity contribution in [3.05, 3.63) is 48.1 Å². The molecule has 0 unspecified atom stereocenters. The van der Waals surface area contributed by atoms with Gasteiger partial charge in [-0.15, -0.1) is 0 Å². The molecule has 120 valence electrons. The maximum Gasteiger partial charge on any atom is 0.270 e. The van der Waals surface area contributed by atoms with Crippen LogP contribution in [0.5, 0.6) is 0 Å². The molecule has 5 nitrogen and oxygen atoms in total. The Balaban J connectivity index is 1.69. The number of aromatic amines is 1. The number of hydrogen-bond acceptors (Lipinski definition) is 2. The van der Waals surface area contributed by atoms with Crippen molar-refractivity contribution in [2.24, 2.45) is 7.05 Å². The second-order valence-electron chi connectivity index (χ2n) is 6.29. The van der Waals surface area contributed by atoms with Crippen LogP contribution in [-0.2, 0) is 7.05 Å². The van der Waals surface area contributed by atoms with Crippen LogP contribution in [-0.4, -0.2) is 26.9 Å². The quantitative estimate of drug-likeness (QED) is 0.781. The van der Waals surface area contributed by atoms with Gasteiger partial charge in [-0.25, -0.2) is 0 Å². The van der Waals surface area contributed by atoms with Crippen molar-refractivity contribution in [1.29, 1.82) is 0 Å². The van der Waals surface area contributed by atoms with E-state index in [0.717, 1.165) is 36.9 Å². The molecular formula is C18H21N3O2. The van der Waals surface area contributed by atoms with E-state index in [9.17, 15) is 4.79 Å². The lowest BCUT2D eigenvalue weighted by atomic mass is 10.1. The van der Waals surface area contributed by atoms with E-state index in [1.54, 1.807) is 6.26 Å². The van der Waals surface area contributed by atoms with Crippen molar-refractivity contribution < 1.29 is 9.21 Å². The summed E-state index contributed by atoms with van der Waals surface area (Å²) >= 11 is 0. The molecule has 0 spiro atoms. The summed E-state index contributed by atoms with van der Waals surface area (Å²) in [5, 5.41) is 0. The van der Waals surface area contributed by atoms with Crippen molar-refractivity contribution >= 4 is 17.0 Å². The average molecular weight is 311 g/mol. The number of nitrogens with one attached hydrogen (secondary N) is 1. The molecule has 1 aliphatic heterocycles. The summed E-state index contributed by atoms with van der Waals surface area (Å²) in [6.07, 6.45) is 8.09. The molecule has 0 radical (unpaired) electrons. The first-order valence-electron chi connectivity index (χ1n) is 8.22. The highest BCUT2D eigenvalue weighted by atomic mass is 16.3. The second-order valence-corrected chi connectivity index (χ2v) is 6.29. The Morgan fingerprint density at radius 2 is 2.22 bits per heavy atom. The Kier molecular flexibility index (Phi) is 3.48. The van der Waals surface area contributed by atoms with Crippen LogP contribution in [0.25, 0.3) is 11.1 Å². The van der Waals surface area contributed by atoms with E-state index < -0.39 is 0 Å². The number of hydrogen-bond donors (Lipinski definition) is 1. The van der Waals surface area contributed by atoms with Gasteiger partial charge in [0.15, 0.2) is 5.58 Å². The van der Waals surface area contributed by atoms with Crippen LogP contribution in [0.15, 0.2) is 41.1 Å². The highest BCUT2D eigenvalue weighted by Gasteiger charge is 2.29. The van der Waals surface area contributed by atoms with Crippen LogP contribution in [0.3, 0.4) is 0 Å². The van der Waals surface area contributed by atoms with Gasteiger partial charge in [0.2, 0.25) is 0 Å². The zero-order valence-electron chi connectivity index (χ0n) is 13.3. The van der Waals surface area contributed by atoms with Gasteiger partial charge in [0.05, 0.1) is 17.8 Å². The molecule has 4 heterocycles.